The minimum absolute atomic E-state index is 0. The van der Waals surface area contributed by atoms with Gasteiger partial charge in [-0.2, -0.15) is 101 Å². The van der Waals surface area contributed by atoms with Gasteiger partial charge in [0, 0.05) is 0 Å². The molecule has 0 rings (SSSR count). The van der Waals surface area contributed by atoms with Crippen LogP contribution in [0.25, 0.3) is 0 Å². The van der Waals surface area contributed by atoms with Crippen LogP contribution in [0.5, 0.6) is 0 Å². The molecule has 0 atom stereocenters. The highest BCUT2D eigenvalue weighted by Gasteiger charge is 3.00. The van der Waals surface area contributed by atoms with Crippen LogP contribution in [0.15, 0.2) is 0 Å². The predicted molar refractivity (Wildman–Crippen MR) is 78.5 cm³/mol. The number of hydrogen-bond acceptors (Lipinski definition) is 0. The Hall–Kier alpha value is -1.06. The minimum atomic E-state index is -9.57. The van der Waals surface area contributed by atoms with Crippen molar-refractivity contribution in [2.24, 2.45) is 0 Å². The van der Waals surface area contributed by atoms with Gasteiger partial charge in [-0.1, -0.05) is 0 Å². The molecule has 0 bridgehead atoms. The first-order chi connectivity index (χ1) is 17.0. The van der Waals surface area contributed by atoms with Gasteiger partial charge in [0.2, 0.25) is 0 Å². The highest BCUT2D eigenvalue weighted by molar-refractivity contribution is 5.19. The Morgan fingerprint density at radius 1 is 0.262 bits per heavy atom. The fraction of sp³-hybridized carbons (Fsp3) is 1.00. The fourth-order valence-corrected chi connectivity index (χ4v) is 2.37. The van der Waals surface area contributed by atoms with E-state index in [9.17, 15) is 110 Å². The molecule has 0 spiro atoms. The van der Waals surface area contributed by atoms with Gasteiger partial charge in [-0.05, 0) is 0 Å². The van der Waals surface area contributed by atoms with E-state index >= 15 is 0 Å². The van der Waals surface area contributed by atoms with Crippen LogP contribution in [-0.4, -0.2) is 97.1 Å². The molecule has 0 aliphatic carbocycles. The quantitative estimate of drug-likeness (QED) is 0.117. The highest BCUT2D eigenvalue weighted by Crippen LogP contribution is 2.67. The third kappa shape index (κ3) is 4.90. The van der Waals surface area contributed by atoms with Gasteiger partial charge in [0.1, 0.15) is 0 Å². The van der Waals surface area contributed by atoms with Crippen LogP contribution >= 0.6 is 0 Å². The van der Waals surface area contributed by atoms with Gasteiger partial charge in [-0.25, -0.2) is 0 Å². The lowest BCUT2D eigenvalue weighted by atomic mass is 9.85. The van der Waals surface area contributed by atoms with Gasteiger partial charge in [0.25, 0.3) is 0 Å². The second kappa shape index (κ2) is 10.2. The van der Waals surface area contributed by atoms with Crippen LogP contribution in [0, 0.1) is 0 Å². The molecule has 0 saturated carbocycles. The molecule has 0 heterocycles. The molecule has 0 N–H and O–H groups in total. The van der Waals surface area contributed by atoms with Crippen molar-refractivity contribution in [1.82, 2.24) is 0 Å². The zero-order valence-corrected chi connectivity index (χ0v) is 21.4. The third-order valence-corrected chi connectivity index (χ3v) is 5.13. The maximum absolute atomic E-state index is 13.7. The third-order valence-electron chi connectivity index (χ3n) is 5.13. The van der Waals surface area contributed by atoms with Gasteiger partial charge in [0.15, 0.2) is 0 Å². The second-order valence-electron chi connectivity index (χ2n) is 8.80. The molecule has 0 aromatic carbocycles. The van der Waals surface area contributed by atoms with Gasteiger partial charge in [-0.3, -0.25) is 4.48 Å². The monoisotopic (exact) mass is 805 g/mol. The summed E-state index contributed by atoms with van der Waals surface area (Å²) in [7, 11) is -0.867. The smallest absolute Gasteiger partial charge is 0.461 e. The van der Waals surface area contributed by atoms with Crippen LogP contribution in [-0.2, 0) is 0 Å². The minimum Gasteiger partial charge on any atom is -1.00 e. The van der Waals surface area contributed by atoms with Gasteiger partial charge >= 0.3 is 71.4 Å². The van der Waals surface area contributed by atoms with Crippen LogP contribution < -0.4 is 24.0 Å². The standard InChI is InChI=1S/C15H9F25N.HI/c1-41(2,3)15(39,40)13(34,35)11(30,31)9(26,27)7(22,23)5(18,19)4(16,17)6(20,21)8(24,25)10(28,29)12(32,33)14(36,37)38;/h1-3H3;1H/q+1;/p-1. The first-order valence-electron chi connectivity index (χ1n) is 9.04. The van der Waals surface area contributed by atoms with E-state index in [1.807, 2.05) is 0 Å². The molecule has 0 radical (unpaired) electrons. The number of quaternary nitrogens is 1. The summed E-state index contributed by atoms with van der Waals surface area (Å²) in [4.78, 5) is 0. The molecular formula is C15H9F25IN. The topological polar surface area (TPSA) is 0 Å². The predicted octanol–water partition coefficient (Wildman–Crippen LogP) is 5.20. The first-order valence-corrected chi connectivity index (χ1v) is 9.04. The van der Waals surface area contributed by atoms with E-state index in [2.05, 4.69) is 0 Å². The lowest BCUT2D eigenvalue weighted by molar-refractivity contribution is -0.975. The Bertz CT molecular complexity index is 893. The molecule has 0 aliphatic rings. The molecule has 0 unspecified atom stereocenters. The summed E-state index contributed by atoms with van der Waals surface area (Å²) in [6.07, 6.45) is -8.16. The summed E-state index contributed by atoms with van der Waals surface area (Å²) in [6.45, 7) is 0. The van der Waals surface area contributed by atoms with E-state index in [-0.39, 0.29) is 45.1 Å². The largest absolute Gasteiger partial charge is 1.00 e. The Kier molecular flexibility index (Phi) is 10.5. The number of alkyl halides is 25. The van der Waals surface area contributed by atoms with Crippen molar-refractivity contribution in [3.8, 4) is 0 Å². The van der Waals surface area contributed by atoms with Crippen LogP contribution in [0.2, 0.25) is 0 Å². The zero-order valence-electron chi connectivity index (χ0n) is 19.3. The van der Waals surface area contributed by atoms with Crippen molar-refractivity contribution in [1.29, 1.82) is 0 Å². The van der Waals surface area contributed by atoms with Crippen molar-refractivity contribution in [2.45, 2.75) is 71.4 Å². The van der Waals surface area contributed by atoms with Gasteiger partial charge in [0.05, 0.1) is 21.1 Å². The second-order valence-corrected chi connectivity index (χ2v) is 8.80. The highest BCUT2D eigenvalue weighted by atomic mass is 127. The Morgan fingerprint density at radius 3 is 0.548 bits per heavy atom. The van der Waals surface area contributed by atoms with E-state index < -0.39 is 75.9 Å². The molecule has 0 saturated heterocycles. The van der Waals surface area contributed by atoms with E-state index in [1.54, 1.807) is 0 Å². The Labute approximate surface area is 231 Å². The zero-order chi connectivity index (χ0) is 34.5. The van der Waals surface area contributed by atoms with Crippen molar-refractivity contribution in [2.75, 3.05) is 21.1 Å². The van der Waals surface area contributed by atoms with Crippen LogP contribution in [0.4, 0.5) is 110 Å². The van der Waals surface area contributed by atoms with E-state index in [0.717, 1.165) is 0 Å². The van der Waals surface area contributed by atoms with Crippen molar-refractivity contribution >= 4 is 0 Å². The summed E-state index contributed by atoms with van der Waals surface area (Å²) < 4.78 is 330. The number of nitrogens with zero attached hydrogens (tertiary/aromatic N) is 1. The average molecular weight is 805 g/mol. The lowest BCUT2D eigenvalue weighted by Gasteiger charge is -2.46. The molecule has 0 amide bonds. The molecule has 27 heteroatoms. The molecule has 1 nitrogen and oxygen atoms in total. The van der Waals surface area contributed by atoms with E-state index in [4.69, 9.17) is 0 Å². The van der Waals surface area contributed by atoms with Crippen molar-refractivity contribution in [3.63, 3.8) is 0 Å². The van der Waals surface area contributed by atoms with Crippen molar-refractivity contribution < 1.29 is 138 Å². The summed E-state index contributed by atoms with van der Waals surface area (Å²) in [5.74, 6) is -91.2. The summed E-state index contributed by atoms with van der Waals surface area (Å²) in [6, 6.07) is -6.81. The lowest BCUT2D eigenvalue weighted by Crippen LogP contribution is -3.00. The number of hydrogen-bond donors (Lipinski definition) is 0. The maximum Gasteiger partial charge on any atom is 0.461 e. The average Bonchev–Trinajstić information content (AvgIpc) is 2.70. The first kappa shape index (κ1) is 43.1. The summed E-state index contributed by atoms with van der Waals surface area (Å²) in [5, 5.41) is 0. The Morgan fingerprint density at radius 2 is 0.405 bits per heavy atom. The van der Waals surface area contributed by atoms with Crippen LogP contribution in [0.1, 0.15) is 0 Å². The fourth-order valence-electron chi connectivity index (χ4n) is 2.37. The van der Waals surface area contributed by atoms with Gasteiger partial charge in [-0.15, -0.1) is 8.78 Å². The molecule has 0 fully saturated rings. The normalized spacial score (nSPS) is 16.9. The van der Waals surface area contributed by atoms with E-state index in [1.165, 1.54) is 0 Å². The molecule has 0 aromatic rings. The number of halogens is 26. The Balaban J connectivity index is 0. The molecule has 0 aromatic heterocycles. The summed E-state index contributed by atoms with van der Waals surface area (Å²) >= 11 is 0. The van der Waals surface area contributed by atoms with E-state index in [0.29, 0.717) is 0 Å². The SMILES string of the molecule is C[N+](C)(C)C(F)(F)C(F)(F)C(F)(F)C(F)(F)C(F)(F)C(F)(F)C(F)(F)C(F)(F)C(F)(F)C(F)(F)C(F)(F)C(F)(F)F.[I-]. The molecule has 42 heavy (non-hydrogen) atoms. The molecular weight excluding hydrogens is 796 g/mol. The number of rotatable bonds is 11. The van der Waals surface area contributed by atoms with Crippen molar-refractivity contribution in [3.05, 3.63) is 0 Å². The van der Waals surface area contributed by atoms with Gasteiger partial charge < -0.3 is 24.0 Å². The summed E-state index contributed by atoms with van der Waals surface area (Å²) in [5.41, 5.74) is 0. The molecule has 0 aliphatic heterocycles. The maximum atomic E-state index is 13.7. The molecule has 256 valence electrons. The van der Waals surface area contributed by atoms with Crippen LogP contribution in [0.3, 0.4) is 0 Å².